The van der Waals surface area contributed by atoms with Crippen molar-refractivity contribution in [1.29, 1.82) is 0 Å². The molecule has 0 aliphatic carbocycles. The van der Waals surface area contributed by atoms with E-state index >= 15 is 0 Å². The predicted molar refractivity (Wildman–Crippen MR) is 97.4 cm³/mol. The van der Waals surface area contributed by atoms with Crippen LogP contribution in [-0.4, -0.2) is 23.8 Å². The fraction of sp³-hybridized carbons (Fsp3) is 0.118. The summed E-state index contributed by atoms with van der Waals surface area (Å²) in [5, 5.41) is 4.95. The summed E-state index contributed by atoms with van der Waals surface area (Å²) in [6.45, 7) is 0.484. The van der Waals surface area contributed by atoms with Gasteiger partial charge in [-0.05, 0) is 23.6 Å². The van der Waals surface area contributed by atoms with E-state index in [1.807, 2.05) is 17.5 Å². The normalized spacial score (nSPS) is 10.0. The van der Waals surface area contributed by atoms with Crippen molar-refractivity contribution in [3.63, 3.8) is 0 Å². The van der Waals surface area contributed by atoms with Crippen LogP contribution in [0.3, 0.4) is 0 Å². The maximum Gasteiger partial charge on any atom is 0.343 e. The van der Waals surface area contributed by atoms with Gasteiger partial charge in [0.2, 0.25) is 0 Å². The molecule has 0 saturated heterocycles. The molecule has 0 aliphatic heterocycles. The van der Waals surface area contributed by atoms with E-state index in [0.29, 0.717) is 30.1 Å². The number of thiophene rings is 1. The summed E-state index contributed by atoms with van der Waals surface area (Å²) in [6, 6.07) is 12.4. The molecule has 3 aromatic rings. The highest BCUT2D eigenvalue weighted by molar-refractivity contribution is 7.17. The number of aldehydes is 1. The van der Waals surface area contributed by atoms with Gasteiger partial charge in [-0.2, -0.15) is 0 Å². The van der Waals surface area contributed by atoms with E-state index in [1.54, 1.807) is 30.3 Å². The molecule has 24 heavy (non-hydrogen) atoms. The Morgan fingerprint density at radius 3 is 2.79 bits per heavy atom. The number of aromatic nitrogens is 1. The molecule has 0 aliphatic rings. The summed E-state index contributed by atoms with van der Waals surface area (Å²) in [7, 11) is 0. The fourth-order valence-electron chi connectivity index (χ4n) is 2.09. The van der Waals surface area contributed by atoms with Gasteiger partial charge in [0.1, 0.15) is 12.1 Å². The van der Waals surface area contributed by atoms with Crippen molar-refractivity contribution in [2.75, 3.05) is 11.9 Å². The van der Waals surface area contributed by atoms with Gasteiger partial charge in [0, 0.05) is 19.0 Å². The van der Waals surface area contributed by atoms with Crippen molar-refractivity contribution in [3.8, 4) is 5.75 Å². The largest absolute Gasteiger partial charge is 0.421 e. The maximum atomic E-state index is 12.2. The second-order valence-corrected chi connectivity index (χ2v) is 5.69. The van der Waals surface area contributed by atoms with Crippen molar-refractivity contribution < 1.29 is 14.3 Å². The van der Waals surface area contributed by atoms with Crippen LogP contribution in [0.1, 0.15) is 16.8 Å². The Morgan fingerprint density at radius 2 is 2.04 bits per heavy atom. The summed E-state index contributed by atoms with van der Waals surface area (Å²) in [5.74, 6) is 0.631. The third kappa shape index (κ3) is 4.10. The molecule has 2 aromatic heterocycles. The van der Waals surface area contributed by atoms with E-state index in [-0.39, 0.29) is 12.4 Å². The summed E-state index contributed by atoms with van der Waals surface area (Å²) < 4.78 is 6.36. The molecule has 0 saturated carbocycles. The first-order valence-corrected chi connectivity index (χ1v) is 7.99. The first-order chi connectivity index (χ1) is 11.3. The maximum absolute atomic E-state index is 12.2. The number of pyridine rings is 1. The summed E-state index contributed by atoms with van der Waals surface area (Å²) >= 11 is 1.46. The van der Waals surface area contributed by atoms with Gasteiger partial charge >= 0.3 is 5.97 Å². The molecule has 0 radical (unpaired) electrons. The van der Waals surface area contributed by atoms with E-state index in [4.69, 9.17) is 4.74 Å². The van der Waals surface area contributed by atoms with Gasteiger partial charge in [0.15, 0.2) is 5.75 Å². The monoisotopic (exact) mass is 362 g/mol. The number of benzene rings is 1. The molecule has 0 atom stereocenters. The second kappa shape index (κ2) is 8.42. The molecular weight excluding hydrogens is 348 g/mol. The minimum atomic E-state index is -0.412. The van der Waals surface area contributed by atoms with Crippen LogP contribution in [0, 0.1) is 0 Å². The van der Waals surface area contributed by atoms with Crippen molar-refractivity contribution in [2.24, 2.45) is 0 Å². The first kappa shape index (κ1) is 17.9. The molecule has 2 heterocycles. The topological polar surface area (TPSA) is 68.3 Å². The summed E-state index contributed by atoms with van der Waals surface area (Å²) in [6.07, 6.45) is 1.23. The van der Waals surface area contributed by atoms with E-state index in [9.17, 15) is 9.59 Å². The molecule has 0 unspecified atom stereocenters. The lowest BCUT2D eigenvalue weighted by Crippen LogP contribution is -2.09. The van der Waals surface area contributed by atoms with Crippen LogP contribution >= 0.6 is 23.7 Å². The molecule has 0 spiro atoms. The van der Waals surface area contributed by atoms with Gasteiger partial charge in [-0.1, -0.05) is 18.2 Å². The zero-order valence-electron chi connectivity index (χ0n) is 12.6. The SMILES string of the molecule is Cl.O=CCCNc1cc(OC(=O)c2ccccc2)c2sccc2n1. The minimum Gasteiger partial charge on any atom is -0.421 e. The van der Waals surface area contributed by atoms with E-state index < -0.39 is 5.97 Å². The molecule has 0 bridgehead atoms. The molecular formula is C17H15ClN2O3S. The lowest BCUT2D eigenvalue weighted by Gasteiger charge is -2.09. The molecule has 0 amide bonds. The number of hydrogen-bond donors (Lipinski definition) is 1. The lowest BCUT2D eigenvalue weighted by molar-refractivity contribution is -0.107. The number of esters is 1. The number of carbonyl (C=O) groups is 2. The van der Waals surface area contributed by atoms with E-state index in [0.717, 1.165) is 16.5 Å². The quantitative estimate of drug-likeness (QED) is 0.408. The van der Waals surface area contributed by atoms with Crippen LogP contribution < -0.4 is 10.1 Å². The van der Waals surface area contributed by atoms with Gasteiger partial charge in [0.05, 0.1) is 15.8 Å². The highest BCUT2D eigenvalue weighted by Gasteiger charge is 2.13. The predicted octanol–water partition coefficient (Wildman–Crippen LogP) is 3.94. The van der Waals surface area contributed by atoms with Crippen molar-refractivity contribution >= 4 is 52.0 Å². The van der Waals surface area contributed by atoms with Crippen LogP contribution in [0.5, 0.6) is 5.75 Å². The van der Waals surface area contributed by atoms with Gasteiger partial charge in [-0.3, -0.25) is 0 Å². The average molecular weight is 363 g/mol. The standard InChI is InChI=1S/C17H14N2O3S.ClH/c20-9-4-8-18-15-11-14(16-13(19-15)7-10-23-16)22-17(21)12-5-2-1-3-6-12;/h1-3,5-7,9-11H,4,8H2,(H,18,19);1H. The minimum absolute atomic E-state index is 0. The number of rotatable bonds is 6. The van der Waals surface area contributed by atoms with Crippen LogP contribution in [0.4, 0.5) is 5.82 Å². The third-order valence-electron chi connectivity index (χ3n) is 3.16. The third-order valence-corrected chi connectivity index (χ3v) is 4.08. The highest BCUT2D eigenvalue weighted by Crippen LogP contribution is 2.32. The van der Waals surface area contributed by atoms with Gasteiger partial charge in [-0.15, -0.1) is 23.7 Å². The Hall–Kier alpha value is -2.44. The lowest BCUT2D eigenvalue weighted by atomic mass is 10.2. The molecule has 124 valence electrons. The molecule has 7 heteroatoms. The Bertz CT molecular complexity index is 836. The summed E-state index contributed by atoms with van der Waals surface area (Å²) in [5.41, 5.74) is 1.24. The fourth-order valence-corrected chi connectivity index (χ4v) is 2.87. The molecule has 1 aromatic carbocycles. The number of hydrogen-bond acceptors (Lipinski definition) is 6. The zero-order valence-corrected chi connectivity index (χ0v) is 14.2. The number of nitrogens with one attached hydrogen (secondary N) is 1. The Balaban J connectivity index is 0.00000208. The number of fused-ring (bicyclic) bond motifs is 1. The highest BCUT2D eigenvalue weighted by atomic mass is 35.5. The van der Waals surface area contributed by atoms with Gasteiger partial charge in [-0.25, -0.2) is 9.78 Å². The number of nitrogens with zero attached hydrogens (tertiary/aromatic N) is 1. The van der Waals surface area contributed by atoms with Crippen molar-refractivity contribution in [1.82, 2.24) is 4.98 Å². The smallest absolute Gasteiger partial charge is 0.343 e. The van der Waals surface area contributed by atoms with Crippen molar-refractivity contribution in [3.05, 3.63) is 53.4 Å². The van der Waals surface area contributed by atoms with E-state index in [2.05, 4.69) is 10.3 Å². The van der Waals surface area contributed by atoms with Gasteiger partial charge in [0.25, 0.3) is 0 Å². The van der Waals surface area contributed by atoms with E-state index in [1.165, 1.54) is 11.3 Å². The Morgan fingerprint density at radius 1 is 1.25 bits per heavy atom. The number of anilines is 1. The first-order valence-electron chi connectivity index (χ1n) is 7.11. The molecule has 5 nitrogen and oxygen atoms in total. The molecule has 1 N–H and O–H groups in total. The Labute approximate surface area is 149 Å². The Kier molecular flexibility index (Phi) is 6.28. The number of carbonyl (C=O) groups excluding carboxylic acids is 2. The van der Waals surface area contributed by atoms with Crippen LogP contribution in [0.2, 0.25) is 0 Å². The summed E-state index contributed by atoms with van der Waals surface area (Å²) in [4.78, 5) is 27.1. The second-order valence-electron chi connectivity index (χ2n) is 4.78. The zero-order chi connectivity index (χ0) is 16.1. The molecule has 0 fully saturated rings. The number of halogens is 1. The van der Waals surface area contributed by atoms with Crippen LogP contribution in [0.15, 0.2) is 47.8 Å². The van der Waals surface area contributed by atoms with Gasteiger partial charge < -0.3 is 14.8 Å². The van der Waals surface area contributed by atoms with Crippen LogP contribution in [0.25, 0.3) is 10.2 Å². The van der Waals surface area contributed by atoms with Crippen molar-refractivity contribution in [2.45, 2.75) is 6.42 Å². The average Bonchev–Trinajstić information content (AvgIpc) is 3.05. The van der Waals surface area contributed by atoms with Crippen LogP contribution in [-0.2, 0) is 4.79 Å². The number of ether oxygens (including phenoxy) is 1. The molecule has 3 rings (SSSR count).